The maximum Gasteiger partial charge on any atom is 0.177 e. The van der Waals surface area contributed by atoms with E-state index in [4.69, 9.17) is 4.74 Å². The Balaban J connectivity index is 2.07. The van der Waals surface area contributed by atoms with E-state index >= 15 is 0 Å². The molecule has 1 aromatic carbocycles. The van der Waals surface area contributed by atoms with Crippen LogP contribution in [0.2, 0.25) is 0 Å². The molecule has 0 radical (unpaired) electrons. The molecule has 1 unspecified atom stereocenters. The van der Waals surface area contributed by atoms with Gasteiger partial charge in [0.2, 0.25) is 0 Å². The van der Waals surface area contributed by atoms with Gasteiger partial charge in [-0.25, -0.2) is 0 Å². The maximum absolute atomic E-state index is 12.4. The van der Waals surface area contributed by atoms with Gasteiger partial charge in [0.05, 0.1) is 19.8 Å². The van der Waals surface area contributed by atoms with E-state index < -0.39 is 0 Å². The Bertz CT molecular complexity index is 456. The molecule has 1 aliphatic heterocycles. The van der Waals surface area contributed by atoms with Crippen molar-refractivity contribution in [2.75, 3.05) is 26.3 Å². The van der Waals surface area contributed by atoms with Crippen molar-refractivity contribution in [3.05, 3.63) is 34.9 Å². The average molecular weight is 261 g/mol. The lowest BCUT2D eigenvalue weighted by Crippen LogP contribution is -2.47. The Morgan fingerprint density at radius 2 is 2.21 bits per heavy atom. The molecule has 3 nitrogen and oxygen atoms in total. The van der Waals surface area contributed by atoms with E-state index in [2.05, 4.69) is 24.8 Å². The van der Waals surface area contributed by atoms with Gasteiger partial charge in [-0.05, 0) is 25.8 Å². The minimum Gasteiger partial charge on any atom is -0.378 e. The van der Waals surface area contributed by atoms with Gasteiger partial charge < -0.3 is 4.74 Å². The van der Waals surface area contributed by atoms with Crippen LogP contribution in [0.3, 0.4) is 0 Å². The van der Waals surface area contributed by atoms with E-state index in [0.29, 0.717) is 12.6 Å². The number of ketones is 1. The van der Waals surface area contributed by atoms with Gasteiger partial charge >= 0.3 is 0 Å². The number of rotatable bonds is 4. The summed E-state index contributed by atoms with van der Waals surface area (Å²) in [4.78, 5) is 14.7. The molecular weight excluding hydrogens is 238 g/mol. The van der Waals surface area contributed by atoms with Crippen molar-refractivity contribution in [3.8, 4) is 0 Å². The topological polar surface area (TPSA) is 29.5 Å². The fourth-order valence-corrected chi connectivity index (χ4v) is 2.67. The molecule has 19 heavy (non-hydrogen) atoms. The van der Waals surface area contributed by atoms with Crippen molar-refractivity contribution in [2.24, 2.45) is 0 Å². The molecule has 0 N–H and O–H groups in total. The smallest absolute Gasteiger partial charge is 0.177 e. The quantitative estimate of drug-likeness (QED) is 0.780. The monoisotopic (exact) mass is 261 g/mol. The zero-order valence-corrected chi connectivity index (χ0v) is 12.1. The highest BCUT2D eigenvalue weighted by atomic mass is 16.5. The third-order valence-electron chi connectivity index (χ3n) is 3.85. The van der Waals surface area contributed by atoms with Crippen LogP contribution in [0, 0.1) is 13.8 Å². The molecule has 1 aliphatic rings. The van der Waals surface area contributed by atoms with Crippen molar-refractivity contribution in [2.45, 2.75) is 33.2 Å². The molecule has 1 saturated heterocycles. The van der Waals surface area contributed by atoms with Crippen molar-refractivity contribution >= 4 is 5.78 Å². The van der Waals surface area contributed by atoms with Crippen LogP contribution in [0.4, 0.5) is 0 Å². The molecule has 104 valence electrons. The Kier molecular flexibility index (Phi) is 4.72. The number of carbonyl (C=O) groups excluding carboxylic acids is 1. The Morgan fingerprint density at radius 3 is 2.89 bits per heavy atom. The highest BCUT2D eigenvalue weighted by Gasteiger charge is 2.24. The van der Waals surface area contributed by atoms with E-state index in [1.807, 2.05) is 19.1 Å². The molecule has 0 aromatic heterocycles. The second-order valence-corrected chi connectivity index (χ2v) is 5.35. The molecular formula is C16H23NO2. The summed E-state index contributed by atoms with van der Waals surface area (Å²) in [5, 5.41) is 0. The molecule has 0 bridgehead atoms. The number of hydrogen-bond acceptors (Lipinski definition) is 3. The van der Waals surface area contributed by atoms with E-state index in [1.54, 1.807) is 0 Å². The van der Waals surface area contributed by atoms with Crippen molar-refractivity contribution in [3.63, 3.8) is 0 Å². The molecule has 3 heteroatoms. The third-order valence-corrected chi connectivity index (χ3v) is 3.85. The molecule has 1 heterocycles. The van der Waals surface area contributed by atoms with Crippen molar-refractivity contribution < 1.29 is 9.53 Å². The molecule has 0 saturated carbocycles. The van der Waals surface area contributed by atoms with Crippen LogP contribution in [-0.4, -0.2) is 43.0 Å². The molecule has 0 aliphatic carbocycles. The van der Waals surface area contributed by atoms with E-state index in [1.165, 1.54) is 5.56 Å². The summed E-state index contributed by atoms with van der Waals surface area (Å²) in [6.45, 7) is 9.05. The standard InChI is InChI=1S/C16H23NO2/c1-4-14-11-19-8-7-17(14)10-16(18)15-6-5-12(2)9-13(15)3/h5-6,9,14H,4,7-8,10-11H2,1-3H3. The third kappa shape index (κ3) is 3.43. The van der Waals surface area contributed by atoms with Crippen LogP contribution in [0.5, 0.6) is 0 Å². The van der Waals surface area contributed by atoms with Crippen LogP contribution in [0.1, 0.15) is 34.8 Å². The van der Waals surface area contributed by atoms with Gasteiger partial charge in [-0.15, -0.1) is 0 Å². The predicted octanol–water partition coefficient (Wildman–Crippen LogP) is 2.60. The van der Waals surface area contributed by atoms with Gasteiger partial charge in [-0.1, -0.05) is 30.7 Å². The zero-order chi connectivity index (χ0) is 13.8. The number of Topliss-reactive ketones (excluding diaryl/α,β-unsaturated/α-hetero) is 1. The minimum absolute atomic E-state index is 0.220. The molecule has 1 aromatic rings. The Labute approximate surface area is 115 Å². The fourth-order valence-electron chi connectivity index (χ4n) is 2.67. The maximum atomic E-state index is 12.4. The van der Waals surface area contributed by atoms with Gasteiger partial charge in [-0.3, -0.25) is 9.69 Å². The SMILES string of the molecule is CCC1COCCN1CC(=O)c1ccc(C)cc1C. The van der Waals surface area contributed by atoms with Gasteiger partial charge in [0.1, 0.15) is 0 Å². The summed E-state index contributed by atoms with van der Waals surface area (Å²) in [6.07, 6.45) is 1.03. The first-order chi connectivity index (χ1) is 9.11. The number of morpholine rings is 1. The highest BCUT2D eigenvalue weighted by Crippen LogP contribution is 2.15. The molecule has 1 atom stereocenters. The zero-order valence-electron chi connectivity index (χ0n) is 12.1. The Hall–Kier alpha value is -1.19. The van der Waals surface area contributed by atoms with Gasteiger partial charge in [-0.2, -0.15) is 0 Å². The summed E-state index contributed by atoms with van der Waals surface area (Å²) in [6, 6.07) is 6.42. The molecule has 0 amide bonds. The fraction of sp³-hybridized carbons (Fsp3) is 0.562. The number of benzene rings is 1. The lowest BCUT2D eigenvalue weighted by molar-refractivity contribution is -0.00586. The van der Waals surface area contributed by atoms with Crippen LogP contribution in [0.15, 0.2) is 18.2 Å². The summed E-state index contributed by atoms with van der Waals surface area (Å²) in [7, 11) is 0. The van der Waals surface area contributed by atoms with Crippen LogP contribution in [0.25, 0.3) is 0 Å². The van der Waals surface area contributed by atoms with E-state index in [9.17, 15) is 4.79 Å². The predicted molar refractivity (Wildman–Crippen MR) is 76.7 cm³/mol. The molecule has 2 rings (SSSR count). The highest BCUT2D eigenvalue weighted by molar-refractivity contribution is 5.99. The number of nitrogens with zero attached hydrogens (tertiary/aromatic N) is 1. The number of aryl methyl sites for hydroxylation is 2. The number of hydrogen-bond donors (Lipinski definition) is 0. The molecule has 0 spiro atoms. The first-order valence-electron chi connectivity index (χ1n) is 7.04. The van der Waals surface area contributed by atoms with Crippen LogP contribution in [-0.2, 0) is 4.74 Å². The minimum atomic E-state index is 0.220. The lowest BCUT2D eigenvalue weighted by Gasteiger charge is -2.34. The van der Waals surface area contributed by atoms with Gasteiger partial charge in [0, 0.05) is 18.2 Å². The van der Waals surface area contributed by atoms with Crippen molar-refractivity contribution in [1.82, 2.24) is 4.90 Å². The van der Waals surface area contributed by atoms with Gasteiger partial charge in [0.25, 0.3) is 0 Å². The van der Waals surface area contributed by atoms with Crippen LogP contribution < -0.4 is 0 Å². The normalized spacial score (nSPS) is 20.5. The van der Waals surface area contributed by atoms with Crippen LogP contribution >= 0.6 is 0 Å². The summed E-state index contributed by atoms with van der Waals surface area (Å²) < 4.78 is 5.48. The summed E-state index contributed by atoms with van der Waals surface area (Å²) >= 11 is 0. The van der Waals surface area contributed by atoms with Gasteiger partial charge in [0.15, 0.2) is 5.78 Å². The number of carbonyl (C=O) groups is 1. The first kappa shape index (κ1) is 14.2. The largest absolute Gasteiger partial charge is 0.378 e. The van der Waals surface area contributed by atoms with E-state index in [-0.39, 0.29) is 5.78 Å². The Morgan fingerprint density at radius 1 is 1.42 bits per heavy atom. The van der Waals surface area contributed by atoms with E-state index in [0.717, 1.165) is 37.3 Å². The second kappa shape index (κ2) is 6.31. The first-order valence-corrected chi connectivity index (χ1v) is 7.04. The summed E-state index contributed by atoms with van der Waals surface area (Å²) in [5.74, 6) is 0.220. The number of ether oxygens (including phenoxy) is 1. The lowest BCUT2D eigenvalue weighted by atomic mass is 10.0. The summed E-state index contributed by atoms with van der Waals surface area (Å²) in [5.41, 5.74) is 3.13. The molecule has 1 fully saturated rings. The van der Waals surface area contributed by atoms with Crippen molar-refractivity contribution in [1.29, 1.82) is 0 Å². The second-order valence-electron chi connectivity index (χ2n) is 5.35. The average Bonchev–Trinajstić information content (AvgIpc) is 2.39.